The second-order valence-corrected chi connectivity index (χ2v) is 13.3. The fraction of sp³-hybridized carbons (Fsp3) is 0.857. The number of carbonyl (C=O) groups is 2. The number of hydrogen-bond acceptors (Lipinski definition) is 10. The van der Waals surface area contributed by atoms with Gasteiger partial charge in [-0.25, -0.2) is 21.6 Å². The van der Waals surface area contributed by atoms with Crippen molar-refractivity contribution in [1.82, 2.24) is 4.13 Å². The van der Waals surface area contributed by atoms with Gasteiger partial charge in [-0.3, -0.25) is 4.79 Å². The van der Waals surface area contributed by atoms with Gasteiger partial charge < -0.3 is 9.94 Å². The Hall–Kier alpha value is -1.76. The van der Waals surface area contributed by atoms with E-state index in [-0.39, 0.29) is 19.3 Å². The van der Waals surface area contributed by atoms with Crippen LogP contribution in [0.1, 0.15) is 45.4 Å². The molecule has 12 nitrogen and oxygen atoms in total. The Morgan fingerprint density at radius 1 is 0.868 bits per heavy atom. The predicted octanol–water partition coefficient (Wildman–Crippen LogP) is 0.471. The Kier molecular flexibility index (Phi) is 9.32. The highest BCUT2D eigenvalue weighted by Gasteiger charge is 2.84. The van der Waals surface area contributed by atoms with E-state index in [2.05, 4.69) is 0 Å². The number of alkyl halides is 9. The lowest BCUT2D eigenvalue weighted by Crippen LogP contribution is -3.14. The zero-order valence-corrected chi connectivity index (χ0v) is 20.9. The monoisotopic (exact) mass is 640 g/mol. The van der Waals surface area contributed by atoms with Crippen molar-refractivity contribution in [3.05, 3.63) is 5.21 Å². The first-order chi connectivity index (χ1) is 16.7. The predicted molar refractivity (Wildman–Crippen MR) is 102 cm³/mol. The maximum absolute atomic E-state index is 14.1. The maximum atomic E-state index is 14.1. The Balaban J connectivity index is 3.31. The quantitative estimate of drug-likeness (QED) is 0.139. The highest BCUT2D eigenvalue weighted by molar-refractivity contribution is 8.05. The van der Waals surface area contributed by atoms with Crippen LogP contribution in [0.25, 0.3) is 0 Å². The molecule has 0 spiro atoms. The summed E-state index contributed by atoms with van der Waals surface area (Å²) in [4.78, 5) is 23.6. The molecule has 0 aromatic heterocycles. The minimum atomic E-state index is -8.05. The van der Waals surface area contributed by atoms with E-state index in [0.29, 0.717) is 12.8 Å². The summed E-state index contributed by atoms with van der Waals surface area (Å²) >= 11 is 0. The molecule has 1 rings (SSSR count). The van der Waals surface area contributed by atoms with Crippen molar-refractivity contribution in [2.75, 3.05) is 0 Å². The minimum Gasteiger partial charge on any atom is -0.610 e. The molecule has 1 aliphatic rings. The van der Waals surface area contributed by atoms with E-state index in [9.17, 15) is 79.6 Å². The lowest BCUT2D eigenvalue weighted by Gasteiger charge is -2.33. The highest BCUT2D eigenvalue weighted by Crippen LogP contribution is 2.50. The topological polar surface area (TPSA) is 185 Å². The fourth-order valence-corrected chi connectivity index (χ4v) is 6.60. The number of sulfonamides is 3. The second-order valence-electron chi connectivity index (χ2n) is 7.75. The summed E-state index contributed by atoms with van der Waals surface area (Å²) < 4.78 is 188. The Bertz CT molecular complexity index is 1260. The third-order valence-electron chi connectivity index (χ3n) is 5.20. The van der Waals surface area contributed by atoms with Crippen LogP contribution in [0.3, 0.4) is 0 Å². The van der Waals surface area contributed by atoms with E-state index in [1.165, 1.54) is 6.92 Å². The van der Waals surface area contributed by atoms with Crippen LogP contribution in [0.2, 0.25) is 0 Å². The molecule has 2 N–H and O–H groups in total. The summed E-state index contributed by atoms with van der Waals surface area (Å²) in [5.74, 6) is -12.3. The van der Waals surface area contributed by atoms with Crippen LogP contribution in [0.4, 0.5) is 39.5 Å². The van der Waals surface area contributed by atoms with Crippen LogP contribution < -0.4 is 8.60 Å². The first-order valence-corrected chi connectivity index (χ1v) is 14.1. The largest absolute Gasteiger partial charge is 0.610 e. The Labute approximate surface area is 208 Å². The fourth-order valence-electron chi connectivity index (χ4n) is 3.05. The molecular formula is C14H17F9N2O10S3. The van der Waals surface area contributed by atoms with Crippen molar-refractivity contribution in [2.24, 2.45) is 0 Å². The highest BCUT2D eigenvalue weighted by atomic mass is 32.3. The van der Waals surface area contributed by atoms with Crippen molar-refractivity contribution >= 4 is 41.9 Å². The third-order valence-corrected chi connectivity index (χ3v) is 10.1. The van der Waals surface area contributed by atoms with Gasteiger partial charge in [-0.15, -0.1) is 0 Å². The number of halogens is 9. The zero-order valence-electron chi connectivity index (χ0n) is 18.5. The SMILES string of the molecule is CCC1(OC(=O)CC(=O)[NH+]([O-])S(=O)(=O)C(F)(F)C(F)(F)C(F)(F)S(=O)(=O)NS(=O)(=O)C(F)(F)F)CCCC1. The van der Waals surface area contributed by atoms with E-state index < -0.39 is 84.5 Å². The van der Waals surface area contributed by atoms with E-state index in [1.54, 1.807) is 0 Å². The number of hydrogen-bond donors (Lipinski definition) is 2. The van der Waals surface area contributed by atoms with Gasteiger partial charge in [0.05, 0.1) is 0 Å². The molecule has 0 radical (unpaired) electrons. The smallest absolute Gasteiger partial charge is 0.512 e. The van der Waals surface area contributed by atoms with Gasteiger partial charge in [0.2, 0.25) is 0 Å². The molecule has 1 unspecified atom stereocenters. The lowest BCUT2D eigenvalue weighted by molar-refractivity contribution is -0.623. The van der Waals surface area contributed by atoms with Crippen LogP contribution in [0.5, 0.6) is 0 Å². The summed E-state index contributed by atoms with van der Waals surface area (Å²) in [7, 11) is -23.3. The van der Waals surface area contributed by atoms with Gasteiger partial charge in [0.15, 0.2) is 6.42 Å². The number of esters is 1. The number of rotatable bonds is 11. The second kappa shape index (κ2) is 10.3. The maximum Gasteiger partial charge on any atom is 0.512 e. The molecule has 0 aromatic carbocycles. The molecule has 38 heavy (non-hydrogen) atoms. The summed E-state index contributed by atoms with van der Waals surface area (Å²) in [6, 6.07) is 0. The number of amides is 1. The number of quaternary nitrogens is 1. The van der Waals surface area contributed by atoms with Crippen molar-refractivity contribution in [3.8, 4) is 0 Å². The van der Waals surface area contributed by atoms with Crippen molar-refractivity contribution in [2.45, 2.75) is 73.0 Å². The molecule has 0 aliphatic heterocycles. The molecule has 24 heteroatoms. The normalized spacial score (nSPS) is 18.7. The summed E-state index contributed by atoms with van der Waals surface area (Å²) in [5, 5.41) is -3.53. The minimum absolute atomic E-state index is 0.144. The van der Waals surface area contributed by atoms with Gasteiger partial charge in [0.25, 0.3) is 10.0 Å². The molecule has 1 amide bonds. The van der Waals surface area contributed by atoms with Gasteiger partial charge in [0.1, 0.15) is 5.60 Å². The van der Waals surface area contributed by atoms with Gasteiger partial charge in [-0.05, 0) is 32.1 Å². The molecule has 0 bridgehead atoms. The zero-order chi connectivity index (χ0) is 30.4. The van der Waals surface area contributed by atoms with Crippen molar-refractivity contribution in [1.29, 1.82) is 0 Å². The van der Waals surface area contributed by atoms with Crippen LogP contribution in [0, 0.1) is 5.21 Å². The van der Waals surface area contributed by atoms with E-state index in [0.717, 1.165) is 0 Å². The molecule has 0 aromatic rings. The average Bonchev–Trinajstić information content (AvgIpc) is 3.19. The van der Waals surface area contributed by atoms with Gasteiger partial charge in [-0.2, -0.15) is 52.4 Å². The Morgan fingerprint density at radius 2 is 1.32 bits per heavy atom. The summed E-state index contributed by atoms with van der Waals surface area (Å²) in [6.45, 7) is 1.52. The number of ether oxygens (including phenoxy) is 1. The molecular weight excluding hydrogens is 623 g/mol. The molecule has 0 heterocycles. The molecule has 0 saturated heterocycles. The van der Waals surface area contributed by atoms with Crippen molar-refractivity contribution in [3.63, 3.8) is 0 Å². The average molecular weight is 640 g/mol. The third kappa shape index (κ3) is 5.88. The van der Waals surface area contributed by atoms with E-state index in [1.807, 2.05) is 0 Å². The molecule has 1 fully saturated rings. The van der Waals surface area contributed by atoms with E-state index >= 15 is 0 Å². The molecule has 1 aliphatic carbocycles. The van der Waals surface area contributed by atoms with Crippen LogP contribution in [0.15, 0.2) is 0 Å². The van der Waals surface area contributed by atoms with Gasteiger partial charge in [-0.1, -0.05) is 11.1 Å². The number of hydroxylamine groups is 1. The van der Waals surface area contributed by atoms with E-state index in [4.69, 9.17) is 4.74 Å². The van der Waals surface area contributed by atoms with Gasteiger partial charge >= 0.3 is 53.9 Å². The van der Waals surface area contributed by atoms with Crippen LogP contribution in [-0.2, 0) is 44.4 Å². The standard InChI is InChI=1S/C14H17F9N2O10S3/c1-2-10(5-3-4-6-10)35-9(27)7-8(26)25(28)38(33,34)13(19,20)11(15,16)12(17,18)36(29,30)24-37(31,32)14(21,22)23/h24-25H,2-7H2,1H3. The molecule has 1 atom stereocenters. The first-order valence-electron chi connectivity index (χ1n) is 9.67. The van der Waals surface area contributed by atoms with Crippen molar-refractivity contribution < 1.29 is 83.6 Å². The molecule has 1 saturated carbocycles. The molecule has 224 valence electrons. The summed E-state index contributed by atoms with van der Waals surface area (Å²) in [5.41, 5.74) is -7.94. The van der Waals surface area contributed by atoms with Crippen LogP contribution in [-0.4, -0.2) is 64.7 Å². The summed E-state index contributed by atoms with van der Waals surface area (Å²) in [6.07, 6.45) is -0.282. The number of carbonyl (C=O) groups excluding carboxylic acids is 2. The lowest BCUT2D eigenvalue weighted by atomic mass is 9.99. The number of nitrogens with one attached hydrogen (secondary N) is 2. The first kappa shape index (κ1) is 34.3. The Morgan fingerprint density at radius 3 is 1.71 bits per heavy atom. The van der Waals surface area contributed by atoms with Crippen LogP contribution >= 0.6 is 0 Å². The van der Waals surface area contributed by atoms with Gasteiger partial charge in [0, 0.05) is 0 Å².